The minimum absolute atomic E-state index is 1.07. The van der Waals surface area contributed by atoms with Crippen molar-refractivity contribution in [3.05, 3.63) is 0 Å². The van der Waals surface area contributed by atoms with Gasteiger partial charge in [0.25, 0.3) is 0 Å². The van der Waals surface area contributed by atoms with Crippen LogP contribution in [0.15, 0.2) is 0 Å². The summed E-state index contributed by atoms with van der Waals surface area (Å²) in [5.74, 6) is 1.07. The van der Waals surface area contributed by atoms with Crippen molar-refractivity contribution >= 4 is 0 Å². The summed E-state index contributed by atoms with van der Waals surface area (Å²) < 4.78 is 0. The Morgan fingerprint density at radius 3 is 1.94 bits per heavy atom. The molecule has 1 N–H and O–H groups in total. The molecule has 0 unspecified atom stereocenters. The second kappa shape index (κ2) is 12.0. The first-order chi connectivity index (χ1) is 8.93. The van der Waals surface area contributed by atoms with E-state index >= 15 is 0 Å². The molecule has 1 aliphatic rings. The van der Waals surface area contributed by atoms with E-state index in [-0.39, 0.29) is 0 Å². The van der Waals surface area contributed by atoms with Crippen LogP contribution in [0, 0.1) is 5.92 Å². The third-order valence-electron chi connectivity index (χ3n) is 4.51. The van der Waals surface area contributed by atoms with Crippen LogP contribution >= 0.6 is 0 Å². The summed E-state index contributed by atoms with van der Waals surface area (Å²) in [5, 5.41) is 3.23. The van der Waals surface area contributed by atoms with Crippen LogP contribution in [0.25, 0.3) is 0 Å². The Balaban J connectivity index is 1.95. The van der Waals surface area contributed by atoms with E-state index in [2.05, 4.69) is 12.4 Å². The van der Waals surface area contributed by atoms with Gasteiger partial charge in [-0.3, -0.25) is 0 Å². The fraction of sp³-hybridized carbons (Fsp3) is 1.00. The zero-order valence-electron chi connectivity index (χ0n) is 12.7. The highest BCUT2D eigenvalue weighted by Gasteiger charge is 2.10. The van der Waals surface area contributed by atoms with E-state index < -0.39 is 0 Å². The van der Waals surface area contributed by atoms with Crippen LogP contribution in [-0.2, 0) is 0 Å². The van der Waals surface area contributed by atoms with Crippen molar-refractivity contribution in [2.24, 2.45) is 5.92 Å². The molecule has 0 aromatic rings. The summed E-state index contributed by atoms with van der Waals surface area (Å²) in [6, 6.07) is 0. The van der Waals surface area contributed by atoms with E-state index in [0.717, 1.165) is 5.92 Å². The Bertz CT molecular complexity index is 157. The summed E-state index contributed by atoms with van der Waals surface area (Å²) >= 11 is 0. The molecule has 0 heterocycles. The molecule has 1 nitrogen and oxygen atoms in total. The van der Waals surface area contributed by atoms with Crippen molar-refractivity contribution in [2.75, 3.05) is 13.6 Å². The smallest absolute Gasteiger partial charge is 0.00519 e. The fourth-order valence-corrected chi connectivity index (χ4v) is 3.27. The highest BCUT2D eigenvalue weighted by atomic mass is 14.8. The third kappa shape index (κ3) is 8.97. The fourth-order valence-electron chi connectivity index (χ4n) is 3.27. The van der Waals surface area contributed by atoms with E-state index in [4.69, 9.17) is 0 Å². The van der Waals surface area contributed by atoms with Crippen molar-refractivity contribution in [1.29, 1.82) is 0 Å². The molecule has 1 heteroatoms. The van der Waals surface area contributed by atoms with Gasteiger partial charge in [-0.1, -0.05) is 83.5 Å². The van der Waals surface area contributed by atoms with Crippen molar-refractivity contribution in [3.63, 3.8) is 0 Å². The SMILES string of the molecule is CNCCCCCCCC1CCCCCCCC1. The Kier molecular flexibility index (Phi) is 10.7. The summed E-state index contributed by atoms with van der Waals surface area (Å²) in [7, 11) is 2.05. The molecule has 0 aliphatic heterocycles. The van der Waals surface area contributed by atoms with Crippen molar-refractivity contribution in [3.8, 4) is 0 Å². The standard InChI is InChI=1S/C17H35N/c1-18-16-12-8-4-7-11-15-17-13-9-5-2-3-6-10-14-17/h17-18H,2-16H2,1H3. The molecule has 1 fully saturated rings. The first-order valence-electron chi connectivity index (χ1n) is 8.58. The normalized spacial score (nSPS) is 19.2. The molecule has 1 saturated carbocycles. The lowest BCUT2D eigenvalue weighted by atomic mass is 9.91. The van der Waals surface area contributed by atoms with Gasteiger partial charge >= 0.3 is 0 Å². The first kappa shape index (κ1) is 16.0. The summed E-state index contributed by atoms with van der Waals surface area (Å²) in [6.45, 7) is 1.20. The Labute approximate surface area is 115 Å². The Morgan fingerprint density at radius 1 is 0.722 bits per heavy atom. The summed E-state index contributed by atoms with van der Waals surface area (Å²) in [6.07, 6.45) is 20.8. The molecule has 0 atom stereocenters. The maximum atomic E-state index is 3.23. The Hall–Kier alpha value is -0.0400. The molecule has 1 aliphatic carbocycles. The lowest BCUT2D eigenvalue weighted by Gasteiger charge is -2.15. The molecule has 0 aromatic carbocycles. The van der Waals surface area contributed by atoms with Crippen LogP contribution in [-0.4, -0.2) is 13.6 Å². The van der Waals surface area contributed by atoms with E-state index in [1.165, 1.54) is 96.4 Å². The van der Waals surface area contributed by atoms with E-state index in [1.54, 1.807) is 0 Å². The number of unbranched alkanes of at least 4 members (excludes halogenated alkanes) is 4. The molecule has 108 valence electrons. The van der Waals surface area contributed by atoms with E-state index in [0.29, 0.717) is 0 Å². The van der Waals surface area contributed by atoms with Crippen LogP contribution in [0.3, 0.4) is 0 Å². The number of hydrogen-bond acceptors (Lipinski definition) is 1. The van der Waals surface area contributed by atoms with Crippen molar-refractivity contribution < 1.29 is 0 Å². The third-order valence-corrected chi connectivity index (χ3v) is 4.51. The van der Waals surface area contributed by atoms with Crippen LogP contribution in [0.1, 0.15) is 89.9 Å². The molecule has 18 heavy (non-hydrogen) atoms. The van der Waals surface area contributed by atoms with Crippen LogP contribution < -0.4 is 5.32 Å². The average molecular weight is 253 g/mol. The molecular weight excluding hydrogens is 218 g/mol. The van der Waals surface area contributed by atoms with Gasteiger partial charge in [-0.15, -0.1) is 0 Å². The van der Waals surface area contributed by atoms with Crippen molar-refractivity contribution in [2.45, 2.75) is 89.9 Å². The highest BCUT2D eigenvalue weighted by Crippen LogP contribution is 2.26. The van der Waals surface area contributed by atoms with E-state index in [9.17, 15) is 0 Å². The van der Waals surface area contributed by atoms with Crippen LogP contribution in [0.2, 0.25) is 0 Å². The van der Waals surface area contributed by atoms with Gasteiger partial charge in [0.05, 0.1) is 0 Å². The van der Waals surface area contributed by atoms with Crippen LogP contribution in [0.4, 0.5) is 0 Å². The molecule has 0 amide bonds. The number of rotatable bonds is 8. The predicted octanol–water partition coefficient (Wildman–Crippen LogP) is 5.30. The first-order valence-corrected chi connectivity index (χ1v) is 8.58. The quantitative estimate of drug-likeness (QED) is 0.579. The molecule has 0 saturated heterocycles. The monoisotopic (exact) mass is 253 g/mol. The van der Waals surface area contributed by atoms with Crippen molar-refractivity contribution in [1.82, 2.24) is 5.32 Å². The Morgan fingerprint density at radius 2 is 1.28 bits per heavy atom. The molecule has 0 aromatic heterocycles. The topological polar surface area (TPSA) is 12.0 Å². The van der Waals surface area contributed by atoms with Gasteiger partial charge in [0.15, 0.2) is 0 Å². The minimum Gasteiger partial charge on any atom is -0.320 e. The van der Waals surface area contributed by atoms with Gasteiger partial charge in [-0.2, -0.15) is 0 Å². The lowest BCUT2D eigenvalue weighted by molar-refractivity contribution is 0.382. The maximum absolute atomic E-state index is 3.23. The zero-order chi connectivity index (χ0) is 12.9. The largest absolute Gasteiger partial charge is 0.320 e. The van der Waals surface area contributed by atoms with Gasteiger partial charge in [0.1, 0.15) is 0 Å². The summed E-state index contributed by atoms with van der Waals surface area (Å²) in [5.41, 5.74) is 0. The van der Waals surface area contributed by atoms with Gasteiger partial charge in [-0.05, 0) is 25.9 Å². The second-order valence-corrected chi connectivity index (χ2v) is 6.22. The van der Waals surface area contributed by atoms with Gasteiger partial charge in [-0.25, -0.2) is 0 Å². The van der Waals surface area contributed by atoms with E-state index in [1.807, 2.05) is 0 Å². The minimum atomic E-state index is 1.07. The molecule has 0 bridgehead atoms. The molecule has 1 rings (SSSR count). The highest BCUT2D eigenvalue weighted by molar-refractivity contribution is 4.63. The van der Waals surface area contributed by atoms with Gasteiger partial charge in [0, 0.05) is 0 Å². The number of hydrogen-bond donors (Lipinski definition) is 1. The lowest BCUT2D eigenvalue weighted by Crippen LogP contribution is -2.06. The number of nitrogens with one attached hydrogen (secondary N) is 1. The summed E-state index contributed by atoms with van der Waals surface area (Å²) in [4.78, 5) is 0. The maximum Gasteiger partial charge on any atom is -0.00519 e. The van der Waals surface area contributed by atoms with Gasteiger partial charge < -0.3 is 5.32 Å². The van der Waals surface area contributed by atoms with Gasteiger partial charge in [0.2, 0.25) is 0 Å². The second-order valence-electron chi connectivity index (χ2n) is 6.22. The molecular formula is C17H35N. The molecule has 0 radical (unpaired) electrons. The van der Waals surface area contributed by atoms with Crippen LogP contribution in [0.5, 0.6) is 0 Å². The molecule has 0 spiro atoms. The average Bonchev–Trinajstić information content (AvgIpc) is 2.51. The zero-order valence-corrected chi connectivity index (χ0v) is 12.7. The predicted molar refractivity (Wildman–Crippen MR) is 82.1 cm³/mol.